The average Bonchev–Trinajstić information content (AvgIpc) is 2.77. The van der Waals surface area contributed by atoms with E-state index < -0.39 is 58.0 Å². The number of nitrogens with zero attached hydrogens (tertiary/aromatic N) is 1. The molecule has 0 radical (unpaired) electrons. The van der Waals surface area contributed by atoms with E-state index in [0.717, 1.165) is 36.8 Å². The highest BCUT2D eigenvalue weighted by Crippen LogP contribution is 2.53. The van der Waals surface area contributed by atoms with E-state index in [9.17, 15) is 34.8 Å². The summed E-state index contributed by atoms with van der Waals surface area (Å²) in [6.07, 6.45) is 4.16. The monoisotopic (exact) mass is 484 g/mol. The molecule has 3 aliphatic rings. The summed E-state index contributed by atoms with van der Waals surface area (Å²) in [7, 11) is 3.16. The standard InChI is InChI=1S/C26H32N2O7/c1-4-5-6-7-12-8-9-16(29)18-14(12)10-13-11-15-20(28(2)3)22(31)19(25(27)34)24(33)26(15,35)23(32)17(13)21(18)30/h8-9,13,15,20,29-30,33,35H,4-7,10-11H2,1-3H3,(H2,27,34)/t13-,15-,20?,26-/m0/s1. The van der Waals surface area contributed by atoms with Gasteiger partial charge in [-0.2, -0.15) is 0 Å². The van der Waals surface area contributed by atoms with Crippen LogP contribution >= 0.6 is 0 Å². The van der Waals surface area contributed by atoms with Crippen LogP contribution in [0.5, 0.6) is 5.75 Å². The van der Waals surface area contributed by atoms with Crippen molar-refractivity contribution in [1.82, 2.24) is 4.90 Å². The van der Waals surface area contributed by atoms with Gasteiger partial charge in [-0.3, -0.25) is 19.3 Å². The lowest BCUT2D eigenvalue weighted by atomic mass is 9.57. The molecule has 9 nitrogen and oxygen atoms in total. The number of nitrogens with two attached hydrogens (primary N) is 1. The maximum atomic E-state index is 13.8. The second-order valence-corrected chi connectivity index (χ2v) is 10.0. The lowest BCUT2D eigenvalue weighted by Crippen LogP contribution is -2.65. The number of hydrogen-bond acceptors (Lipinski definition) is 8. The SMILES string of the molecule is CCCCCc1ccc(O)c2c1C[C@H]1C[C@H]3C(N(C)C)C(=O)C(C(N)=O)=C(O)[C@@]3(O)C(=O)C1=C2O. The Hall–Kier alpha value is -3.17. The molecule has 1 fully saturated rings. The molecular formula is C26H32N2O7. The van der Waals surface area contributed by atoms with Crippen molar-refractivity contribution < 1.29 is 34.8 Å². The number of benzene rings is 1. The van der Waals surface area contributed by atoms with Gasteiger partial charge in [0.1, 0.15) is 22.8 Å². The predicted octanol–water partition coefficient (Wildman–Crippen LogP) is 1.70. The zero-order valence-corrected chi connectivity index (χ0v) is 20.2. The van der Waals surface area contributed by atoms with E-state index in [4.69, 9.17) is 5.73 Å². The first-order chi connectivity index (χ1) is 16.5. The molecule has 1 unspecified atom stereocenters. The first kappa shape index (κ1) is 24.9. The highest BCUT2D eigenvalue weighted by atomic mass is 16.3. The van der Waals surface area contributed by atoms with Crippen LogP contribution in [0.25, 0.3) is 5.76 Å². The molecule has 35 heavy (non-hydrogen) atoms. The summed E-state index contributed by atoms with van der Waals surface area (Å²) in [5.74, 6) is -6.33. The van der Waals surface area contributed by atoms with Gasteiger partial charge in [0.2, 0.25) is 5.78 Å². The molecule has 1 amide bonds. The summed E-state index contributed by atoms with van der Waals surface area (Å²) in [5.41, 5.74) is 3.64. The Morgan fingerprint density at radius 1 is 1.17 bits per heavy atom. The smallest absolute Gasteiger partial charge is 0.255 e. The fourth-order valence-electron chi connectivity index (χ4n) is 6.11. The number of carbonyl (C=O) groups is 3. The second kappa shape index (κ2) is 8.80. The molecule has 0 aliphatic heterocycles. The van der Waals surface area contributed by atoms with Crippen LogP contribution in [0.2, 0.25) is 0 Å². The first-order valence-electron chi connectivity index (χ1n) is 11.9. The minimum atomic E-state index is -2.61. The zero-order chi connectivity index (χ0) is 25.8. The number of primary amides is 1. The highest BCUT2D eigenvalue weighted by molar-refractivity contribution is 6.24. The number of amides is 1. The topological polar surface area (TPSA) is 161 Å². The Balaban J connectivity index is 1.91. The lowest BCUT2D eigenvalue weighted by Gasteiger charge is -2.50. The molecule has 0 spiro atoms. The fraction of sp³-hybridized carbons (Fsp3) is 0.500. The molecule has 188 valence electrons. The number of ketones is 2. The number of likely N-dealkylation sites (N-methyl/N-ethyl adjacent to an activating group) is 1. The first-order valence-corrected chi connectivity index (χ1v) is 11.9. The molecule has 4 rings (SSSR count). The Morgan fingerprint density at radius 3 is 2.46 bits per heavy atom. The van der Waals surface area contributed by atoms with Crippen LogP contribution in [0.1, 0.15) is 49.3 Å². The molecule has 9 heteroatoms. The number of aryl methyl sites for hydroxylation is 1. The molecule has 0 bridgehead atoms. The van der Waals surface area contributed by atoms with Gasteiger partial charge in [-0.05, 0) is 62.9 Å². The van der Waals surface area contributed by atoms with Crippen LogP contribution in [-0.4, -0.2) is 68.5 Å². The van der Waals surface area contributed by atoms with Gasteiger partial charge >= 0.3 is 0 Å². The molecule has 1 saturated carbocycles. The minimum absolute atomic E-state index is 0.0931. The van der Waals surface area contributed by atoms with Crippen LogP contribution in [0, 0.1) is 11.8 Å². The number of unbranched alkanes of at least 4 members (excludes halogenated alkanes) is 2. The maximum Gasteiger partial charge on any atom is 0.255 e. The van der Waals surface area contributed by atoms with Crippen molar-refractivity contribution in [2.24, 2.45) is 17.6 Å². The Bertz CT molecular complexity index is 1180. The molecule has 6 N–H and O–H groups in total. The quantitative estimate of drug-likeness (QED) is 0.301. The summed E-state index contributed by atoms with van der Waals surface area (Å²) < 4.78 is 0. The number of Topliss-reactive ketones (excluding diaryl/α,β-unsaturated/α-hetero) is 2. The van der Waals surface area contributed by atoms with Gasteiger partial charge in [0, 0.05) is 11.5 Å². The number of hydrogen-bond donors (Lipinski definition) is 5. The molecule has 0 heterocycles. The second-order valence-electron chi connectivity index (χ2n) is 10.0. The summed E-state index contributed by atoms with van der Waals surface area (Å²) >= 11 is 0. The normalized spacial score (nSPS) is 28.2. The third kappa shape index (κ3) is 3.56. The Kier molecular flexibility index (Phi) is 6.27. The van der Waals surface area contributed by atoms with Crippen LogP contribution in [0.3, 0.4) is 0 Å². The minimum Gasteiger partial charge on any atom is -0.508 e. The van der Waals surface area contributed by atoms with Gasteiger partial charge in [-0.15, -0.1) is 0 Å². The van der Waals surface area contributed by atoms with Gasteiger partial charge in [-0.1, -0.05) is 25.8 Å². The van der Waals surface area contributed by atoms with E-state index in [0.29, 0.717) is 6.42 Å². The van der Waals surface area contributed by atoms with Crippen LogP contribution in [-0.2, 0) is 27.2 Å². The van der Waals surface area contributed by atoms with E-state index in [2.05, 4.69) is 6.92 Å². The number of aliphatic hydroxyl groups excluding tert-OH is 2. The number of aromatic hydroxyl groups is 1. The molecular weight excluding hydrogens is 452 g/mol. The molecule has 0 aromatic heterocycles. The predicted molar refractivity (Wildman–Crippen MR) is 127 cm³/mol. The van der Waals surface area contributed by atoms with Crippen LogP contribution < -0.4 is 5.73 Å². The van der Waals surface area contributed by atoms with E-state index in [1.807, 2.05) is 6.07 Å². The van der Waals surface area contributed by atoms with Crippen molar-refractivity contribution in [3.63, 3.8) is 0 Å². The van der Waals surface area contributed by atoms with Gasteiger partial charge in [0.15, 0.2) is 11.4 Å². The van der Waals surface area contributed by atoms with E-state index >= 15 is 0 Å². The number of phenols is 1. The van der Waals surface area contributed by atoms with Gasteiger partial charge in [0.25, 0.3) is 5.91 Å². The summed E-state index contributed by atoms with van der Waals surface area (Å²) in [6, 6.07) is 2.22. The van der Waals surface area contributed by atoms with Crippen LogP contribution in [0.4, 0.5) is 0 Å². The molecule has 1 aromatic rings. The third-order valence-electron chi connectivity index (χ3n) is 7.75. The largest absolute Gasteiger partial charge is 0.508 e. The number of fused-ring (bicyclic) bond motifs is 3. The van der Waals surface area contributed by atoms with E-state index in [-0.39, 0.29) is 23.3 Å². The Labute approximate surface area is 203 Å². The van der Waals surface area contributed by atoms with Gasteiger partial charge in [0.05, 0.1) is 11.6 Å². The van der Waals surface area contributed by atoms with E-state index in [1.165, 1.54) is 11.0 Å². The summed E-state index contributed by atoms with van der Waals surface area (Å²) in [4.78, 5) is 40.4. The summed E-state index contributed by atoms with van der Waals surface area (Å²) in [6.45, 7) is 2.10. The number of aliphatic hydroxyl groups is 3. The Morgan fingerprint density at radius 2 is 1.86 bits per heavy atom. The molecule has 0 saturated heterocycles. The number of phenolic OH excluding ortho intramolecular Hbond substituents is 1. The highest BCUT2D eigenvalue weighted by Gasteiger charge is 2.64. The van der Waals surface area contributed by atoms with Gasteiger partial charge < -0.3 is 26.2 Å². The molecule has 1 aromatic carbocycles. The molecule has 4 atom stereocenters. The van der Waals surface area contributed by atoms with Crippen molar-refractivity contribution in [3.05, 3.63) is 45.7 Å². The van der Waals surface area contributed by atoms with Crippen molar-refractivity contribution in [1.29, 1.82) is 0 Å². The van der Waals surface area contributed by atoms with Crippen molar-refractivity contribution in [3.8, 4) is 5.75 Å². The maximum absolute atomic E-state index is 13.8. The lowest BCUT2D eigenvalue weighted by molar-refractivity contribution is -0.153. The zero-order valence-electron chi connectivity index (χ0n) is 20.2. The van der Waals surface area contributed by atoms with Crippen molar-refractivity contribution in [2.75, 3.05) is 14.1 Å². The third-order valence-corrected chi connectivity index (χ3v) is 7.75. The molecule has 3 aliphatic carbocycles. The summed E-state index contributed by atoms with van der Waals surface area (Å²) in [5, 5.41) is 44.2. The van der Waals surface area contributed by atoms with Gasteiger partial charge in [-0.25, -0.2) is 0 Å². The number of rotatable bonds is 6. The van der Waals surface area contributed by atoms with Crippen LogP contribution in [0.15, 0.2) is 29.0 Å². The average molecular weight is 485 g/mol. The van der Waals surface area contributed by atoms with Crippen molar-refractivity contribution in [2.45, 2.75) is 57.1 Å². The van der Waals surface area contributed by atoms with Crippen molar-refractivity contribution >= 4 is 23.2 Å². The number of carbonyl (C=O) groups excluding carboxylic acids is 3. The van der Waals surface area contributed by atoms with E-state index in [1.54, 1.807) is 14.1 Å². The fourth-order valence-corrected chi connectivity index (χ4v) is 6.11.